The fraction of sp³-hybridized carbons (Fsp3) is 0.417. The zero-order valence-corrected chi connectivity index (χ0v) is 10.2. The first kappa shape index (κ1) is 14.0. The second kappa shape index (κ2) is 6.59. The number of carbonyl (C=O) groups is 1. The van der Waals surface area contributed by atoms with Crippen LogP contribution in [0.1, 0.15) is 28.4 Å². The Labute approximate surface area is 105 Å². The first-order valence-corrected chi connectivity index (χ1v) is 5.72. The number of methoxy groups -OCH3 is 1. The van der Waals surface area contributed by atoms with Gasteiger partial charge in [0.2, 0.25) is 0 Å². The fourth-order valence-electron chi connectivity index (χ4n) is 1.50. The number of aliphatic hydroxyl groups excluding tert-OH is 2. The van der Waals surface area contributed by atoms with Crippen LogP contribution in [-0.2, 0) is 0 Å². The van der Waals surface area contributed by atoms with E-state index in [-0.39, 0.29) is 5.88 Å². The number of ether oxygens (including phenoxy) is 1. The van der Waals surface area contributed by atoms with E-state index in [4.69, 9.17) is 16.3 Å². The Morgan fingerprint density at radius 1 is 1.47 bits per heavy atom. The van der Waals surface area contributed by atoms with E-state index in [0.717, 1.165) is 0 Å². The lowest BCUT2D eigenvalue weighted by Gasteiger charge is -2.18. The monoisotopic (exact) mass is 258 g/mol. The van der Waals surface area contributed by atoms with E-state index in [0.29, 0.717) is 29.6 Å². The van der Waals surface area contributed by atoms with Crippen LogP contribution in [0.15, 0.2) is 18.2 Å². The topological polar surface area (TPSA) is 66.8 Å². The molecule has 0 amide bonds. The van der Waals surface area contributed by atoms with Gasteiger partial charge in [0.15, 0.2) is 6.29 Å². The summed E-state index contributed by atoms with van der Waals surface area (Å²) in [6, 6.07) is 4.65. The van der Waals surface area contributed by atoms with E-state index >= 15 is 0 Å². The highest BCUT2D eigenvalue weighted by molar-refractivity contribution is 6.17. The maximum Gasteiger partial charge on any atom is 0.153 e. The summed E-state index contributed by atoms with van der Waals surface area (Å²) in [5, 5.41) is 19.5. The van der Waals surface area contributed by atoms with E-state index < -0.39 is 12.2 Å². The molecule has 0 heterocycles. The summed E-state index contributed by atoms with van der Waals surface area (Å²) in [5.74, 6) is 0.636. The van der Waals surface area contributed by atoms with Gasteiger partial charge in [-0.3, -0.25) is 4.79 Å². The van der Waals surface area contributed by atoms with E-state index in [1.54, 1.807) is 6.07 Å². The Hall–Kier alpha value is -1.10. The summed E-state index contributed by atoms with van der Waals surface area (Å²) in [6.07, 6.45) is -1.01. The van der Waals surface area contributed by atoms with Crippen LogP contribution in [0.2, 0.25) is 0 Å². The van der Waals surface area contributed by atoms with Crippen LogP contribution in [0.4, 0.5) is 0 Å². The Morgan fingerprint density at radius 2 is 2.18 bits per heavy atom. The molecule has 94 valence electrons. The third-order valence-electron chi connectivity index (χ3n) is 2.50. The van der Waals surface area contributed by atoms with Crippen molar-refractivity contribution >= 4 is 17.9 Å². The lowest BCUT2D eigenvalue weighted by molar-refractivity contribution is 0.0169. The van der Waals surface area contributed by atoms with Gasteiger partial charge in [-0.1, -0.05) is 6.07 Å². The van der Waals surface area contributed by atoms with Crippen molar-refractivity contribution in [3.8, 4) is 5.75 Å². The van der Waals surface area contributed by atoms with Crippen molar-refractivity contribution in [2.75, 3.05) is 13.0 Å². The highest BCUT2D eigenvalue weighted by atomic mass is 35.5. The summed E-state index contributed by atoms with van der Waals surface area (Å²) in [5.41, 5.74) is 0.889. The van der Waals surface area contributed by atoms with E-state index in [9.17, 15) is 15.0 Å². The van der Waals surface area contributed by atoms with Crippen LogP contribution < -0.4 is 4.74 Å². The third-order valence-corrected chi connectivity index (χ3v) is 2.71. The van der Waals surface area contributed by atoms with Gasteiger partial charge in [0.25, 0.3) is 0 Å². The molecule has 0 saturated carbocycles. The molecule has 17 heavy (non-hydrogen) atoms. The number of hydrogen-bond donors (Lipinski definition) is 2. The number of benzene rings is 1. The second-order valence-electron chi connectivity index (χ2n) is 3.61. The van der Waals surface area contributed by atoms with Gasteiger partial charge in [-0.15, -0.1) is 11.6 Å². The van der Waals surface area contributed by atoms with Crippen molar-refractivity contribution in [1.29, 1.82) is 0 Å². The van der Waals surface area contributed by atoms with Crippen LogP contribution in [0, 0.1) is 0 Å². The number of alkyl halides is 1. The van der Waals surface area contributed by atoms with Crippen molar-refractivity contribution in [2.24, 2.45) is 0 Å². The van der Waals surface area contributed by atoms with E-state index in [2.05, 4.69) is 0 Å². The van der Waals surface area contributed by atoms with Crippen LogP contribution in [-0.4, -0.2) is 35.6 Å². The average molecular weight is 259 g/mol. The molecule has 0 saturated heterocycles. The summed E-state index contributed by atoms with van der Waals surface area (Å²) < 4.78 is 5.02. The van der Waals surface area contributed by atoms with Gasteiger partial charge in [0.1, 0.15) is 11.9 Å². The minimum Gasteiger partial charge on any atom is -0.496 e. The lowest BCUT2D eigenvalue weighted by atomic mass is 10.0. The molecule has 2 atom stereocenters. The molecule has 0 aliphatic heterocycles. The number of aldehydes is 1. The maximum atomic E-state index is 10.7. The standard InChI is InChI=1S/C12H15ClO4/c1-17-11-6-8(2-3-9(11)7-14)12(16)10(15)4-5-13/h2-3,6-7,10,12,15-16H,4-5H2,1H3. The van der Waals surface area contributed by atoms with Crippen LogP contribution in [0.3, 0.4) is 0 Å². The molecular formula is C12H15ClO4. The van der Waals surface area contributed by atoms with Crippen molar-refractivity contribution in [3.05, 3.63) is 29.3 Å². The van der Waals surface area contributed by atoms with Gasteiger partial charge in [-0.05, 0) is 24.1 Å². The Bertz CT molecular complexity index is 381. The maximum absolute atomic E-state index is 10.7. The molecule has 0 fully saturated rings. The Morgan fingerprint density at radius 3 is 2.71 bits per heavy atom. The predicted octanol–water partition coefficient (Wildman–Crippen LogP) is 1.53. The molecule has 1 aromatic rings. The van der Waals surface area contributed by atoms with Crippen molar-refractivity contribution in [3.63, 3.8) is 0 Å². The summed E-state index contributed by atoms with van der Waals surface area (Å²) in [6.45, 7) is 0. The molecule has 2 unspecified atom stereocenters. The first-order chi connectivity index (χ1) is 8.13. The molecule has 0 aliphatic rings. The molecule has 0 spiro atoms. The molecule has 1 rings (SSSR count). The quantitative estimate of drug-likeness (QED) is 0.600. The number of aliphatic hydroxyl groups is 2. The Kier molecular flexibility index (Phi) is 5.41. The third kappa shape index (κ3) is 3.43. The minimum absolute atomic E-state index is 0.266. The van der Waals surface area contributed by atoms with Gasteiger partial charge in [-0.25, -0.2) is 0 Å². The Balaban J connectivity index is 2.94. The molecule has 2 N–H and O–H groups in total. The highest BCUT2D eigenvalue weighted by Gasteiger charge is 2.19. The van der Waals surface area contributed by atoms with Crippen molar-refractivity contribution in [1.82, 2.24) is 0 Å². The van der Waals surface area contributed by atoms with Crippen molar-refractivity contribution < 1.29 is 19.7 Å². The van der Waals surface area contributed by atoms with Gasteiger partial charge in [0.05, 0.1) is 18.8 Å². The predicted molar refractivity (Wildman–Crippen MR) is 64.7 cm³/mol. The highest BCUT2D eigenvalue weighted by Crippen LogP contribution is 2.25. The first-order valence-electron chi connectivity index (χ1n) is 5.19. The smallest absolute Gasteiger partial charge is 0.153 e. The molecule has 5 heteroatoms. The normalized spacial score (nSPS) is 14.1. The average Bonchev–Trinajstić information content (AvgIpc) is 2.37. The van der Waals surface area contributed by atoms with E-state index in [1.807, 2.05) is 0 Å². The van der Waals surface area contributed by atoms with Crippen LogP contribution >= 0.6 is 11.6 Å². The largest absolute Gasteiger partial charge is 0.496 e. The van der Waals surface area contributed by atoms with E-state index in [1.165, 1.54) is 19.2 Å². The zero-order valence-electron chi connectivity index (χ0n) is 9.47. The lowest BCUT2D eigenvalue weighted by Crippen LogP contribution is -2.18. The molecule has 0 radical (unpaired) electrons. The van der Waals surface area contributed by atoms with Crippen LogP contribution in [0.5, 0.6) is 5.75 Å². The fourth-order valence-corrected chi connectivity index (χ4v) is 1.72. The van der Waals surface area contributed by atoms with Gasteiger partial charge in [0, 0.05) is 5.88 Å². The molecular weight excluding hydrogens is 244 g/mol. The number of carbonyl (C=O) groups excluding carboxylic acids is 1. The number of hydrogen-bond acceptors (Lipinski definition) is 4. The number of rotatable bonds is 6. The second-order valence-corrected chi connectivity index (χ2v) is 3.99. The molecule has 0 aliphatic carbocycles. The SMILES string of the molecule is COc1cc(C(O)C(O)CCCl)ccc1C=O. The molecule has 0 bridgehead atoms. The molecule has 1 aromatic carbocycles. The zero-order chi connectivity index (χ0) is 12.8. The van der Waals surface area contributed by atoms with Gasteiger partial charge < -0.3 is 14.9 Å². The van der Waals surface area contributed by atoms with Gasteiger partial charge in [-0.2, -0.15) is 0 Å². The number of halogens is 1. The summed E-state index contributed by atoms with van der Waals surface area (Å²) in [7, 11) is 1.44. The van der Waals surface area contributed by atoms with Gasteiger partial charge >= 0.3 is 0 Å². The minimum atomic E-state index is -1.04. The summed E-state index contributed by atoms with van der Waals surface area (Å²) >= 11 is 5.49. The summed E-state index contributed by atoms with van der Waals surface area (Å²) in [4.78, 5) is 10.7. The van der Waals surface area contributed by atoms with Crippen LogP contribution in [0.25, 0.3) is 0 Å². The molecule has 4 nitrogen and oxygen atoms in total. The molecule has 0 aromatic heterocycles. The van der Waals surface area contributed by atoms with Crippen molar-refractivity contribution in [2.45, 2.75) is 18.6 Å².